The van der Waals surface area contributed by atoms with E-state index in [4.69, 9.17) is 24.4 Å². The second kappa shape index (κ2) is 12.3. The van der Waals surface area contributed by atoms with Crippen LogP contribution in [0.5, 0.6) is 0 Å². The summed E-state index contributed by atoms with van der Waals surface area (Å²) in [6.45, 7) is 8.36. The van der Waals surface area contributed by atoms with Crippen molar-refractivity contribution in [1.29, 1.82) is 0 Å². The second-order valence-electron chi connectivity index (χ2n) is 7.93. The van der Waals surface area contributed by atoms with Crippen LogP contribution in [0.3, 0.4) is 0 Å². The summed E-state index contributed by atoms with van der Waals surface area (Å²) in [5, 5.41) is 17.1. The van der Waals surface area contributed by atoms with Gasteiger partial charge in [-0.1, -0.05) is 27.7 Å². The van der Waals surface area contributed by atoms with Gasteiger partial charge in [-0.05, 0) is 6.42 Å². The predicted octanol–water partition coefficient (Wildman–Crippen LogP) is 2.26. The largest absolute Gasteiger partial charge is 0.481 e. The number of esters is 2. The van der Waals surface area contributed by atoms with Gasteiger partial charge in [0.05, 0.1) is 52.1 Å². The molecule has 0 aliphatic carbocycles. The average molecular weight is 404 g/mol. The molecule has 0 fully saturated rings. The predicted molar refractivity (Wildman–Crippen MR) is 98.7 cm³/mol. The number of aliphatic carboxylic acids is 2. The Kier molecular flexibility index (Phi) is 11.4. The van der Waals surface area contributed by atoms with Crippen LogP contribution in [-0.4, -0.2) is 60.5 Å². The molecule has 0 saturated heterocycles. The number of rotatable bonds is 15. The summed E-state index contributed by atoms with van der Waals surface area (Å²) in [6, 6.07) is 0. The molecule has 0 aromatic carbocycles. The van der Waals surface area contributed by atoms with Crippen LogP contribution in [0.4, 0.5) is 0 Å². The molecule has 1 unspecified atom stereocenters. The number of carbonyl (C=O) groups excluding carboxylic acids is 2. The first-order valence-electron chi connectivity index (χ1n) is 9.22. The minimum absolute atomic E-state index is 0.0957. The molecule has 0 aliphatic heterocycles. The van der Waals surface area contributed by atoms with Crippen LogP contribution in [0.25, 0.3) is 0 Å². The lowest BCUT2D eigenvalue weighted by atomic mass is 9.89. The third kappa shape index (κ3) is 13.1. The van der Waals surface area contributed by atoms with E-state index < -0.39 is 34.7 Å². The maximum absolute atomic E-state index is 11.6. The third-order valence-corrected chi connectivity index (χ3v) is 4.09. The first-order chi connectivity index (χ1) is 12.9. The normalized spacial score (nSPS) is 13.4. The van der Waals surface area contributed by atoms with Crippen LogP contribution >= 0.6 is 0 Å². The van der Waals surface area contributed by atoms with Gasteiger partial charge < -0.3 is 24.4 Å². The van der Waals surface area contributed by atoms with E-state index >= 15 is 0 Å². The second-order valence-corrected chi connectivity index (χ2v) is 7.93. The Morgan fingerprint density at radius 1 is 0.714 bits per heavy atom. The lowest BCUT2D eigenvalue weighted by Crippen LogP contribution is -2.33. The standard InChI is InChI=1S/C19H32O9/c1-5-19(4,13-28-17(25)9-7-15(22)23)12-26-10-18(2,3)11-27-16(24)8-6-14(20)21/h5-13H2,1-4H3,(H,20,21)(H,22,23). The molecule has 28 heavy (non-hydrogen) atoms. The summed E-state index contributed by atoms with van der Waals surface area (Å²) in [5.74, 6) is -3.23. The van der Waals surface area contributed by atoms with E-state index in [9.17, 15) is 19.2 Å². The van der Waals surface area contributed by atoms with Gasteiger partial charge in [-0.2, -0.15) is 0 Å². The Morgan fingerprint density at radius 2 is 1.18 bits per heavy atom. The van der Waals surface area contributed by atoms with Crippen molar-refractivity contribution in [2.45, 2.75) is 59.8 Å². The fourth-order valence-electron chi connectivity index (χ4n) is 1.95. The summed E-state index contributed by atoms with van der Waals surface area (Å²) < 4.78 is 16.0. The average Bonchev–Trinajstić information content (AvgIpc) is 2.61. The number of hydrogen-bond acceptors (Lipinski definition) is 7. The molecule has 1 atom stereocenters. The molecule has 9 nitrogen and oxygen atoms in total. The van der Waals surface area contributed by atoms with Crippen LogP contribution in [0.1, 0.15) is 59.8 Å². The third-order valence-electron chi connectivity index (χ3n) is 4.09. The molecular weight excluding hydrogens is 372 g/mol. The van der Waals surface area contributed by atoms with Crippen molar-refractivity contribution in [2.75, 3.05) is 26.4 Å². The van der Waals surface area contributed by atoms with Crippen molar-refractivity contribution >= 4 is 23.9 Å². The van der Waals surface area contributed by atoms with Gasteiger partial charge in [0.25, 0.3) is 0 Å². The van der Waals surface area contributed by atoms with Crippen LogP contribution in [-0.2, 0) is 33.4 Å². The van der Waals surface area contributed by atoms with E-state index in [1.54, 1.807) is 0 Å². The summed E-state index contributed by atoms with van der Waals surface area (Å²) in [5.41, 5.74) is -0.890. The molecule has 0 amide bonds. The minimum Gasteiger partial charge on any atom is -0.481 e. The maximum Gasteiger partial charge on any atom is 0.306 e. The molecule has 2 N–H and O–H groups in total. The molecule has 0 aromatic rings. The number of ether oxygens (including phenoxy) is 3. The monoisotopic (exact) mass is 404 g/mol. The highest BCUT2D eigenvalue weighted by Crippen LogP contribution is 2.24. The van der Waals surface area contributed by atoms with Crippen molar-refractivity contribution < 1.29 is 43.6 Å². The number of carbonyl (C=O) groups is 4. The highest BCUT2D eigenvalue weighted by molar-refractivity contribution is 5.77. The van der Waals surface area contributed by atoms with E-state index in [0.717, 1.165) is 0 Å². The van der Waals surface area contributed by atoms with Gasteiger partial charge in [-0.25, -0.2) is 0 Å². The lowest BCUT2D eigenvalue weighted by Gasteiger charge is -2.30. The summed E-state index contributed by atoms with van der Waals surface area (Å²) in [4.78, 5) is 44.0. The molecular formula is C19H32O9. The van der Waals surface area contributed by atoms with Crippen LogP contribution in [0.2, 0.25) is 0 Å². The Balaban J connectivity index is 4.27. The van der Waals surface area contributed by atoms with Gasteiger partial charge in [0.1, 0.15) is 0 Å². The number of hydrogen-bond donors (Lipinski definition) is 2. The van der Waals surface area contributed by atoms with Gasteiger partial charge in [0, 0.05) is 10.8 Å². The van der Waals surface area contributed by atoms with Gasteiger partial charge >= 0.3 is 23.9 Å². The molecule has 0 heterocycles. The summed E-state index contributed by atoms with van der Waals surface area (Å²) in [6.07, 6.45) is -0.194. The first kappa shape index (κ1) is 25.8. The summed E-state index contributed by atoms with van der Waals surface area (Å²) in [7, 11) is 0. The van der Waals surface area contributed by atoms with Gasteiger partial charge in [0.2, 0.25) is 0 Å². The van der Waals surface area contributed by atoms with Crippen molar-refractivity contribution in [3.63, 3.8) is 0 Å². The number of carboxylic acid groups (broad SMARTS) is 2. The van der Waals surface area contributed by atoms with E-state index in [1.165, 1.54) is 0 Å². The van der Waals surface area contributed by atoms with E-state index in [1.807, 2.05) is 27.7 Å². The van der Waals surface area contributed by atoms with Gasteiger partial charge in [-0.3, -0.25) is 19.2 Å². The molecule has 9 heteroatoms. The van der Waals surface area contributed by atoms with Crippen molar-refractivity contribution in [1.82, 2.24) is 0 Å². The smallest absolute Gasteiger partial charge is 0.306 e. The maximum atomic E-state index is 11.6. The topological polar surface area (TPSA) is 136 Å². The molecule has 162 valence electrons. The molecule has 0 bridgehead atoms. The fourth-order valence-corrected chi connectivity index (χ4v) is 1.95. The first-order valence-corrected chi connectivity index (χ1v) is 9.22. The Bertz CT molecular complexity index is 542. The Morgan fingerprint density at radius 3 is 1.61 bits per heavy atom. The van der Waals surface area contributed by atoms with Crippen LogP contribution < -0.4 is 0 Å². The Labute approximate surface area is 165 Å². The quantitative estimate of drug-likeness (QED) is 0.394. The molecule has 0 rings (SSSR count). The van der Waals surface area contributed by atoms with Crippen molar-refractivity contribution in [3.8, 4) is 0 Å². The highest BCUT2D eigenvalue weighted by Gasteiger charge is 2.27. The lowest BCUT2D eigenvalue weighted by molar-refractivity contribution is -0.153. The zero-order valence-electron chi connectivity index (χ0n) is 17.1. The van der Waals surface area contributed by atoms with E-state index in [-0.39, 0.29) is 38.9 Å². The molecule has 0 spiro atoms. The molecule has 0 radical (unpaired) electrons. The summed E-state index contributed by atoms with van der Waals surface area (Å²) >= 11 is 0. The van der Waals surface area contributed by atoms with Crippen molar-refractivity contribution in [3.05, 3.63) is 0 Å². The number of carboxylic acids is 2. The van der Waals surface area contributed by atoms with E-state index in [2.05, 4.69) is 0 Å². The Hall–Kier alpha value is -2.16. The fraction of sp³-hybridized carbons (Fsp3) is 0.789. The van der Waals surface area contributed by atoms with Crippen LogP contribution in [0, 0.1) is 10.8 Å². The SMILES string of the molecule is CCC(C)(COCC(C)(C)COC(=O)CCC(=O)O)COC(=O)CCC(=O)O. The molecule has 0 saturated carbocycles. The minimum atomic E-state index is -1.05. The molecule has 0 aromatic heterocycles. The van der Waals surface area contributed by atoms with Gasteiger partial charge in [0.15, 0.2) is 0 Å². The van der Waals surface area contributed by atoms with E-state index in [0.29, 0.717) is 19.6 Å². The highest BCUT2D eigenvalue weighted by atomic mass is 16.5. The zero-order chi connectivity index (χ0) is 21.8. The van der Waals surface area contributed by atoms with Crippen molar-refractivity contribution in [2.24, 2.45) is 10.8 Å². The zero-order valence-corrected chi connectivity index (χ0v) is 17.1. The van der Waals surface area contributed by atoms with Gasteiger partial charge in [-0.15, -0.1) is 0 Å². The van der Waals surface area contributed by atoms with Crippen LogP contribution in [0.15, 0.2) is 0 Å². The molecule has 0 aliphatic rings.